The molecule has 0 bridgehead atoms. The van der Waals surface area contributed by atoms with Crippen molar-refractivity contribution in [2.24, 2.45) is 0 Å². The van der Waals surface area contributed by atoms with Crippen molar-refractivity contribution in [1.29, 1.82) is 0 Å². The van der Waals surface area contributed by atoms with Crippen LogP contribution in [0.2, 0.25) is 0 Å². The average Bonchev–Trinajstić information content (AvgIpc) is 3.55. The number of aliphatic hydroxyl groups excluding tert-OH is 1. The van der Waals surface area contributed by atoms with Crippen LogP contribution in [0.15, 0.2) is 68.4 Å². The lowest BCUT2D eigenvalue weighted by Crippen LogP contribution is -2.42. The molecule has 4 N–H and O–H groups in total. The summed E-state index contributed by atoms with van der Waals surface area (Å²) in [6.45, 7) is 2.92. The highest BCUT2D eigenvalue weighted by Crippen LogP contribution is 2.09. The lowest BCUT2D eigenvalue weighted by atomic mass is 10.3. The van der Waals surface area contributed by atoms with Gasteiger partial charge in [-0.05, 0) is 36.4 Å². The summed E-state index contributed by atoms with van der Waals surface area (Å²) in [6.07, 6.45) is 3.47. The van der Waals surface area contributed by atoms with Crippen molar-refractivity contribution >= 4 is 11.8 Å². The van der Waals surface area contributed by atoms with Crippen molar-refractivity contribution in [2.45, 2.75) is 6.23 Å². The molecule has 0 aliphatic carbocycles. The second-order valence-electron chi connectivity index (χ2n) is 6.68. The first-order valence-corrected chi connectivity index (χ1v) is 9.94. The first-order valence-electron chi connectivity index (χ1n) is 9.94. The van der Waals surface area contributed by atoms with Gasteiger partial charge in [-0.15, -0.1) is 0 Å². The highest BCUT2D eigenvalue weighted by atomic mass is 16.4. The first-order chi connectivity index (χ1) is 15.1. The van der Waals surface area contributed by atoms with Gasteiger partial charge >= 0.3 is 0 Å². The van der Waals surface area contributed by atoms with Crippen molar-refractivity contribution in [3.8, 4) is 0 Å². The van der Waals surface area contributed by atoms with Gasteiger partial charge in [-0.25, -0.2) is 0 Å². The molecule has 0 spiro atoms. The van der Waals surface area contributed by atoms with E-state index in [9.17, 15) is 14.7 Å². The zero-order chi connectivity index (χ0) is 21.9. The van der Waals surface area contributed by atoms with Gasteiger partial charge in [0.15, 0.2) is 17.7 Å². The van der Waals surface area contributed by atoms with E-state index in [1.807, 2.05) is 4.90 Å². The summed E-state index contributed by atoms with van der Waals surface area (Å²) >= 11 is 0. The molecular formula is C21H26N4O6. The molecule has 3 heterocycles. The molecule has 3 rings (SSSR count). The van der Waals surface area contributed by atoms with Crippen LogP contribution in [0.1, 0.15) is 33.1 Å². The zero-order valence-electron chi connectivity index (χ0n) is 17.0. The number of carbonyl (C=O) groups is 2. The van der Waals surface area contributed by atoms with Crippen molar-refractivity contribution in [1.82, 2.24) is 20.9 Å². The normalized spacial score (nSPS) is 12.1. The van der Waals surface area contributed by atoms with E-state index in [2.05, 4.69) is 16.0 Å². The summed E-state index contributed by atoms with van der Waals surface area (Å²) in [5.41, 5.74) is 0. The highest BCUT2D eigenvalue weighted by molar-refractivity contribution is 5.91. The summed E-state index contributed by atoms with van der Waals surface area (Å²) in [4.78, 5) is 26.1. The van der Waals surface area contributed by atoms with Gasteiger partial charge in [0.2, 0.25) is 0 Å². The Balaban J connectivity index is 1.43. The molecule has 0 aliphatic rings. The summed E-state index contributed by atoms with van der Waals surface area (Å²) in [5.74, 6) is 0.355. The van der Waals surface area contributed by atoms with Gasteiger partial charge in [0.1, 0.15) is 5.76 Å². The molecule has 0 saturated heterocycles. The number of aliphatic hydroxyl groups is 1. The predicted octanol–water partition coefficient (Wildman–Crippen LogP) is 1.21. The van der Waals surface area contributed by atoms with Crippen molar-refractivity contribution in [3.05, 3.63) is 72.5 Å². The van der Waals surface area contributed by atoms with E-state index in [4.69, 9.17) is 13.3 Å². The largest absolute Gasteiger partial charge is 0.465 e. The Bertz CT molecular complexity index is 840. The molecule has 2 amide bonds. The fourth-order valence-electron chi connectivity index (χ4n) is 2.89. The van der Waals surface area contributed by atoms with E-state index < -0.39 is 6.23 Å². The number of carbonyl (C=O) groups excluding carboxylic acids is 2. The number of hydrogen-bond acceptors (Lipinski definition) is 8. The number of rotatable bonds is 13. The predicted molar refractivity (Wildman–Crippen MR) is 110 cm³/mol. The lowest BCUT2D eigenvalue weighted by molar-refractivity contribution is 0.0916. The number of nitrogens with zero attached hydrogens (tertiary/aromatic N) is 1. The minimum absolute atomic E-state index is 0.250. The fraction of sp³-hybridized carbons (Fsp3) is 0.333. The van der Waals surface area contributed by atoms with Crippen molar-refractivity contribution in [2.75, 3.05) is 39.3 Å². The summed E-state index contributed by atoms with van der Waals surface area (Å²) in [6, 6.07) is 9.88. The molecule has 0 radical (unpaired) electrons. The van der Waals surface area contributed by atoms with E-state index in [-0.39, 0.29) is 23.3 Å². The standard InChI is InChI=1S/C21H26N4O6/c26-19(16-4-1-13-29-16)22-7-10-25(11-8-23-20(27)17-5-2-14-30-17)12-9-24-21(28)18-6-3-15-31-18/h1-6,13-15,19,22,26H,7-12H2,(H,23,27)(H,24,28). The number of amides is 2. The van der Waals surface area contributed by atoms with E-state index in [1.54, 1.807) is 36.4 Å². The Labute approximate surface area is 179 Å². The smallest absolute Gasteiger partial charge is 0.287 e. The maximum atomic E-state index is 12.0. The van der Waals surface area contributed by atoms with Gasteiger partial charge in [0, 0.05) is 39.3 Å². The molecule has 31 heavy (non-hydrogen) atoms. The molecule has 0 aromatic carbocycles. The molecule has 0 saturated carbocycles. The molecule has 0 aliphatic heterocycles. The minimum Gasteiger partial charge on any atom is -0.465 e. The summed E-state index contributed by atoms with van der Waals surface area (Å²) < 4.78 is 15.3. The van der Waals surface area contributed by atoms with Gasteiger partial charge in [0.05, 0.1) is 18.8 Å². The Kier molecular flexibility index (Phi) is 8.47. The van der Waals surface area contributed by atoms with Gasteiger partial charge in [-0.2, -0.15) is 0 Å². The monoisotopic (exact) mass is 430 g/mol. The molecule has 0 fully saturated rings. The molecule has 10 nitrogen and oxygen atoms in total. The highest BCUT2D eigenvalue weighted by Gasteiger charge is 2.13. The summed E-state index contributed by atoms with van der Waals surface area (Å²) in [5, 5.41) is 18.6. The lowest BCUT2D eigenvalue weighted by Gasteiger charge is -2.23. The maximum absolute atomic E-state index is 12.0. The maximum Gasteiger partial charge on any atom is 0.287 e. The molecular weight excluding hydrogens is 404 g/mol. The number of hydrogen-bond donors (Lipinski definition) is 4. The summed E-state index contributed by atoms with van der Waals surface area (Å²) in [7, 11) is 0. The molecule has 3 aromatic rings. The van der Waals surface area contributed by atoms with Crippen LogP contribution >= 0.6 is 0 Å². The number of furan rings is 3. The number of nitrogens with one attached hydrogen (secondary N) is 3. The van der Waals surface area contributed by atoms with Crippen LogP contribution in [0.4, 0.5) is 0 Å². The van der Waals surface area contributed by atoms with Crippen LogP contribution in [0.3, 0.4) is 0 Å². The van der Waals surface area contributed by atoms with Crippen LogP contribution in [-0.4, -0.2) is 61.1 Å². The topological polar surface area (TPSA) is 133 Å². The molecule has 10 heteroatoms. The fourth-order valence-corrected chi connectivity index (χ4v) is 2.89. The average molecular weight is 430 g/mol. The third-order valence-electron chi connectivity index (χ3n) is 4.50. The quantitative estimate of drug-likeness (QED) is 0.298. The third kappa shape index (κ3) is 7.14. The first kappa shape index (κ1) is 22.3. The Morgan fingerprint density at radius 1 is 0.806 bits per heavy atom. The molecule has 1 unspecified atom stereocenters. The van der Waals surface area contributed by atoms with Crippen molar-refractivity contribution < 1.29 is 27.9 Å². The van der Waals surface area contributed by atoms with Gasteiger partial charge in [-0.1, -0.05) is 0 Å². The van der Waals surface area contributed by atoms with Gasteiger partial charge in [-0.3, -0.25) is 19.8 Å². The van der Waals surface area contributed by atoms with E-state index in [0.29, 0.717) is 45.0 Å². The van der Waals surface area contributed by atoms with Crippen LogP contribution in [0.25, 0.3) is 0 Å². The van der Waals surface area contributed by atoms with Crippen molar-refractivity contribution in [3.63, 3.8) is 0 Å². The third-order valence-corrected chi connectivity index (χ3v) is 4.50. The molecule has 166 valence electrons. The van der Waals surface area contributed by atoms with Crippen LogP contribution in [0, 0.1) is 0 Å². The molecule has 1 atom stereocenters. The Morgan fingerprint density at radius 3 is 1.81 bits per heavy atom. The molecule has 3 aromatic heterocycles. The second kappa shape index (κ2) is 11.7. The van der Waals surface area contributed by atoms with E-state index in [0.717, 1.165) is 0 Å². The van der Waals surface area contributed by atoms with E-state index >= 15 is 0 Å². The zero-order valence-corrected chi connectivity index (χ0v) is 17.0. The van der Waals surface area contributed by atoms with Crippen LogP contribution in [-0.2, 0) is 0 Å². The SMILES string of the molecule is O=C(NCCN(CCNC(=O)c1ccco1)CCNC(O)c1ccco1)c1ccco1. The Morgan fingerprint density at radius 2 is 1.32 bits per heavy atom. The van der Waals surface area contributed by atoms with Gasteiger partial charge in [0.25, 0.3) is 11.8 Å². The van der Waals surface area contributed by atoms with E-state index in [1.165, 1.54) is 18.8 Å². The minimum atomic E-state index is -0.908. The van der Waals surface area contributed by atoms with Crippen LogP contribution < -0.4 is 16.0 Å². The van der Waals surface area contributed by atoms with Gasteiger partial charge < -0.3 is 29.0 Å². The Hall–Kier alpha value is -3.34. The second-order valence-corrected chi connectivity index (χ2v) is 6.68. The van der Waals surface area contributed by atoms with Crippen LogP contribution in [0.5, 0.6) is 0 Å².